The van der Waals surface area contributed by atoms with Crippen LogP contribution in [0.1, 0.15) is 27.2 Å². The fraction of sp³-hybridized carbons (Fsp3) is 0.143. The maximum absolute atomic E-state index is 12.7. The minimum Gasteiger partial charge on any atom is -0.348 e. The van der Waals surface area contributed by atoms with Crippen LogP contribution in [0.2, 0.25) is 0 Å². The SMILES string of the molecule is Cc1c(C(=O)NCc2cnn(-c3ccccc3)c2)cnn1-c1ccc(C(F)(F)F)cn1. The fourth-order valence-corrected chi connectivity index (χ4v) is 2.99. The Hall–Kier alpha value is -3.95. The number of nitrogens with zero attached hydrogens (tertiary/aromatic N) is 5. The fourth-order valence-electron chi connectivity index (χ4n) is 2.99. The number of hydrogen-bond acceptors (Lipinski definition) is 4. The first-order valence-electron chi connectivity index (χ1n) is 9.28. The quantitative estimate of drug-likeness (QED) is 0.528. The largest absolute Gasteiger partial charge is 0.417 e. The molecule has 0 aliphatic carbocycles. The number of halogens is 3. The molecule has 3 heterocycles. The molecule has 31 heavy (non-hydrogen) atoms. The highest BCUT2D eigenvalue weighted by molar-refractivity contribution is 5.95. The number of carbonyl (C=O) groups excluding carboxylic acids is 1. The number of hydrogen-bond donors (Lipinski definition) is 1. The molecule has 0 aliphatic rings. The standard InChI is InChI=1S/C21H17F3N6O/c1-14-18(12-28-30(14)19-8-7-16(11-25-19)21(22,23)24)20(31)26-9-15-10-27-29(13-15)17-5-3-2-4-6-17/h2-8,10-13H,9H2,1H3,(H,26,31). The zero-order valence-corrected chi connectivity index (χ0v) is 16.3. The second kappa shape index (κ2) is 8.05. The van der Waals surface area contributed by atoms with E-state index in [1.807, 2.05) is 36.5 Å². The molecule has 1 aromatic carbocycles. The Morgan fingerprint density at radius 2 is 1.81 bits per heavy atom. The van der Waals surface area contributed by atoms with Crippen LogP contribution in [0.3, 0.4) is 0 Å². The maximum Gasteiger partial charge on any atom is 0.417 e. The normalized spacial score (nSPS) is 11.5. The molecular weight excluding hydrogens is 409 g/mol. The van der Waals surface area contributed by atoms with Gasteiger partial charge in [0.25, 0.3) is 5.91 Å². The second-order valence-corrected chi connectivity index (χ2v) is 6.77. The number of benzene rings is 1. The number of alkyl halides is 3. The number of rotatable bonds is 5. The molecule has 10 heteroatoms. The number of pyridine rings is 1. The van der Waals surface area contributed by atoms with Gasteiger partial charge in [0, 0.05) is 24.5 Å². The Kier molecular flexibility index (Phi) is 5.28. The summed E-state index contributed by atoms with van der Waals surface area (Å²) in [6.07, 6.45) is 1.11. The first-order valence-corrected chi connectivity index (χ1v) is 9.28. The first-order chi connectivity index (χ1) is 14.8. The molecule has 1 amide bonds. The number of amides is 1. The summed E-state index contributed by atoms with van der Waals surface area (Å²) in [5.74, 6) is -0.170. The highest BCUT2D eigenvalue weighted by atomic mass is 19.4. The van der Waals surface area contributed by atoms with Gasteiger partial charge in [-0.3, -0.25) is 4.79 Å². The van der Waals surface area contributed by atoms with Gasteiger partial charge in [-0.2, -0.15) is 23.4 Å². The van der Waals surface area contributed by atoms with Gasteiger partial charge in [0.15, 0.2) is 5.82 Å². The zero-order valence-electron chi connectivity index (χ0n) is 16.3. The van der Waals surface area contributed by atoms with Crippen LogP contribution < -0.4 is 5.32 Å². The number of nitrogens with one attached hydrogen (secondary N) is 1. The summed E-state index contributed by atoms with van der Waals surface area (Å²) in [5, 5.41) is 11.2. The Labute approximate surface area is 175 Å². The van der Waals surface area contributed by atoms with Crippen molar-refractivity contribution >= 4 is 5.91 Å². The Bertz CT molecular complexity index is 1200. The van der Waals surface area contributed by atoms with Gasteiger partial charge in [-0.05, 0) is 31.2 Å². The molecule has 0 saturated heterocycles. The Balaban J connectivity index is 1.44. The van der Waals surface area contributed by atoms with Gasteiger partial charge in [0.2, 0.25) is 0 Å². The minimum atomic E-state index is -4.47. The number of para-hydroxylation sites is 1. The number of aromatic nitrogens is 5. The molecule has 0 spiro atoms. The summed E-state index contributed by atoms with van der Waals surface area (Å²) in [7, 11) is 0. The summed E-state index contributed by atoms with van der Waals surface area (Å²) in [6.45, 7) is 1.91. The highest BCUT2D eigenvalue weighted by Gasteiger charge is 2.30. The van der Waals surface area contributed by atoms with Gasteiger partial charge < -0.3 is 5.32 Å². The molecule has 0 atom stereocenters. The van der Waals surface area contributed by atoms with E-state index in [9.17, 15) is 18.0 Å². The average molecular weight is 426 g/mol. The van der Waals surface area contributed by atoms with E-state index in [1.165, 1.54) is 16.9 Å². The van der Waals surface area contributed by atoms with Crippen molar-refractivity contribution in [1.82, 2.24) is 29.9 Å². The smallest absolute Gasteiger partial charge is 0.348 e. The zero-order chi connectivity index (χ0) is 22.0. The van der Waals surface area contributed by atoms with Gasteiger partial charge in [-0.15, -0.1) is 0 Å². The van der Waals surface area contributed by atoms with Crippen molar-refractivity contribution in [3.63, 3.8) is 0 Å². The molecule has 4 aromatic rings. The van der Waals surface area contributed by atoms with E-state index in [0.29, 0.717) is 11.3 Å². The van der Waals surface area contributed by atoms with Crippen molar-refractivity contribution in [3.8, 4) is 11.5 Å². The predicted molar refractivity (Wildman–Crippen MR) is 106 cm³/mol. The summed E-state index contributed by atoms with van der Waals surface area (Å²) in [5.41, 5.74) is 1.63. The van der Waals surface area contributed by atoms with E-state index in [2.05, 4.69) is 20.5 Å². The van der Waals surface area contributed by atoms with Crippen LogP contribution in [0.25, 0.3) is 11.5 Å². The van der Waals surface area contributed by atoms with E-state index < -0.39 is 11.7 Å². The minimum absolute atomic E-state index is 0.189. The van der Waals surface area contributed by atoms with Crippen LogP contribution in [-0.2, 0) is 12.7 Å². The van der Waals surface area contributed by atoms with Crippen LogP contribution in [0.4, 0.5) is 13.2 Å². The van der Waals surface area contributed by atoms with E-state index in [-0.39, 0.29) is 18.3 Å². The molecule has 4 rings (SSSR count). The first kappa shape index (κ1) is 20.3. The molecule has 0 fully saturated rings. The van der Waals surface area contributed by atoms with Crippen molar-refractivity contribution in [3.05, 3.63) is 89.6 Å². The Morgan fingerprint density at radius 1 is 1.03 bits per heavy atom. The summed E-state index contributed by atoms with van der Waals surface area (Å²) in [4.78, 5) is 16.4. The van der Waals surface area contributed by atoms with E-state index in [0.717, 1.165) is 23.5 Å². The predicted octanol–water partition coefficient (Wildman–Crippen LogP) is 3.71. The molecular formula is C21H17F3N6O. The van der Waals surface area contributed by atoms with E-state index in [4.69, 9.17) is 0 Å². The van der Waals surface area contributed by atoms with Gasteiger partial charge in [-0.25, -0.2) is 14.3 Å². The van der Waals surface area contributed by atoms with Gasteiger partial charge >= 0.3 is 6.18 Å². The maximum atomic E-state index is 12.7. The molecule has 3 aromatic heterocycles. The van der Waals surface area contributed by atoms with E-state index >= 15 is 0 Å². The van der Waals surface area contributed by atoms with E-state index in [1.54, 1.807) is 17.8 Å². The molecule has 158 valence electrons. The summed E-state index contributed by atoms with van der Waals surface area (Å²) < 4.78 is 41.2. The topological polar surface area (TPSA) is 77.6 Å². The van der Waals surface area contributed by atoms with Crippen LogP contribution in [-0.4, -0.2) is 30.5 Å². The Morgan fingerprint density at radius 3 is 2.48 bits per heavy atom. The van der Waals surface area contributed by atoms with Gasteiger partial charge in [0.1, 0.15) is 0 Å². The summed E-state index contributed by atoms with van der Waals surface area (Å²) in [6, 6.07) is 11.7. The lowest BCUT2D eigenvalue weighted by Gasteiger charge is -2.08. The number of carbonyl (C=O) groups is 1. The lowest BCUT2D eigenvalue weighted by atomic mass is 10.2. The van der Waals surface area contributed by atoms with Crippen molar-refractivity contribution < 1.29 is 18.0 Å². The van der Waals surface area contributed by atoms with Crippen molar-refractivity contribution in [2.24, 2.45) is 0 Å². The monoisotopic (exact) mass is 426 g/mol. The molecule has 0 aliphatic heterocycles. The third-order valence-corrected chi connectivity index (χ3v) is 4.66. The second-order valence-electron chi connectivity index (χ2n) is 6.77. The van der Waals surface area contributed by atoms with Crippen LogP contribution >= 0.6 is 0 Å². The molecule has 0 bridgehead atoms. The third kappa shape index (κ3) is 4.32. The molecule has 1 N–H and O–H groups in total. The molecule has 7 nitrogen and oxygen atoms in total. The average Bonchev–Trinajstić information content (AvgIpc) is 3.39. The van der Waals surface area contributed by atoms with Crippen LogP contribution in [0, 0.1) is 6.92 Å². The third-order valence-electron chi connectivity index (χ3n) is 4.66. The molecule has 0 radical (unpaired) electrons. The van der Waals surface area contributed by atoms with Crippen molar-refractivity contribution in [1.29, 1.82) is 0 Å². The van der Waals surface area contributed by atoms with Crippen LogP contribution in [0.5, 0.6) is 0 Å². The molecule has 0 saturated carbocycles. The van der Waals surface area contributed by atoms with Crippen molar-refractivity contribution in [2.45, 2.75) is 19.6 Å². The molecule has 0 unspecified atom stereocenters. The van der Waals surface area contributed by atoms with Gasteiger partial charge in [0.05, 0.1) is 34.9 Å². The summed E-state index contributed by atoms with van der Waals surface area (Å²) >= 11 is 0. The lowest BCUT2D eigenvalue weighted by molar-refractivity contribution is -0.137. The lowest BCUT2D eigenvalue weighted by Crippen LogP contribution is -2.23. The highest BCUT2D eigenvalue weighted by Crippen LogP contribution is 2.28. The van der Waals surface area contributed by atoms with Crippen molar-refractivity contribution in [2.75, 3.05) is 0 Å². The van der Waals surface area contributed by atoms with Crippen LogP contribution in [0.15, 0.2) is 67.3 Å². The van der Waals surface area contributed by atoms with Gasteiger partial charge in [-0.1, -0.05) is 18.2 Å².